The smallest absolute Gasteiger partial charge is 0.117 e. The average Bonchev–Trinajstić information content (AvgIpc) is 2.43. The number of hydrogen-bond acceptors (Lipinski definition) is 2. The Hall–Kier alpha value is -1.48. The highest BCUT2D eigenvalue weighted by atomic mass is 16.3. The van der Waals surface area contributed by atoms with Crippen LogP contribution in [0.2, 0.25) is 0 Å². The van der Waals surface area contributed by atoms with Crippen molar-refractivity contribution in [3.05, 3.63) is 30.0 Å². The van der Waals surface area contributed by atoms with E-state index in [2.05, 4.69) is 0 Å². The molecule has 1 aromatic carbocycles. The van der Waals surface area contributed by atoms with Gasteiger partial charge < -0.3 is 14.8 Å². The fraction of sp³-hybridized carbons (Fsp3) is 0.333. The van der Waals surface area contributed by atoms with E-state index in [1.54, 1.807) is 26.0 Å². The molecule has 0 radical (unpaired) electrons. The maximum atomic E-state index is 9.99. The van der Waals surface area contributed by atoms with Crippen LogP contribution in [0.15, 0.2) is 24.4 Å². The summed E-state index contributed by atoms with van der Waals surface area (Å²) in [7, 11) is 1.90. The van der Waals surface area contributed by atoms with E-state index in [-0.39, 0.29) is 5.75 Å². The van der Waals surface area contributed by atoms with Crippen LogP contribution in [0, 0.1) is 0 Å². The Morgan fingerprint density at radius 3 is 2.53 bits per heavy atom. The molecule has 0 amide bonds. The van der Waals surface area contributed by atoms with Crippen molar-refractivity contribution < 1.29 is 10.2 Å². The number of benzene rings is 1. The molecule has 3 heteroatoms. The normalized spacial score (nSPS) is 12.3. The maximum Gasteiger partial charge on any atom is 0.117 e. The zero-order chi connectivity index (χ0) is 11.2. The molecule has 1 aromatic heterocycles. The van der Waals surface area contributed by atoms with E-state index in [1.165, 1.54) is 0 Å². The molecule has 15 heavy (non-hydrogen) atoms. The molecule has 2 aromatic rings. The van der Waals surface area contributed by atoms with Crippen molar-refractivity contribution in [2.24, 2.45) is 7.05 Å². The molecular formula is C12H15NO2. The van der Waals surface area contributed by atoms with E-state index in [4.69, 9.17) is 0 Å². The van der Waals surface area contributed by atoms with Crippen molar-refractivity contribution in [1.29, 1.82) is 0 Å². The summed E-state index contributed by atoms with van der Waals surface area (Å²) in [6.45, 7) is 3.52. The van der Waals surface area contributed by atoms with Crippen molar-refractivity contribution in [2.45, 2.75) is 19.4 Å². The zero-order valence-electron chi connectivity index (χ0n) is 9.15. The van der Waals surface area contributed by atoms with E-state index in [9.17, 15) is 10.2 Å². The van der Waals surface area contributed by atoms with Crippen molar-refractivity contribution in [1.82, 2.24) is 4.57 Å². The largest absolute Gasteiger partial charge is 0.508 e. The molecule has 0 spiro atoms. The lowest BCUT2D eigenvalue weighted by Crippen LogP contribution is -2.14. The van der Waals surface area contributed by atoms with Gasteiger partial charge in [-0.2, -0.15) is 0 Å². The van der Waals surface area contributed by atoms with E-state index in [1.807, 2.05) is 23.9 Å². The topological polar surface area (TPSA) is 45.4 Å². The van der Waals surface area contributed by atoms with E-state index >= 15 is 0 Å². The molecule has 0 atom stereocenters. The van der Waals surface area contributed by atoms with Crippen molar-refractivity contribution in [2.75, 3.05) is 0 Å². The van der Waals surface area contributed by atoms with Gasteiger partial charge in [-0.15, -0.1) is 0 Å². The van der Waals surface area contributed by atoms with Crippen LogP contribution in [0.1, 0.15) is 19.4 Å². The van der Waals surface area contributed by atoms with Gasteiger partial charge in [0.2, 0.25) is 0 Å². The summed E-state index contributed by atoms with van der Waals surface area (Å²) in [6, 6.07) is 5.17. The van der Waals surface area contributed by atoms with Crippen LogP contribution in [0.3, 0.4) is 0 Å². The Balaban J connectivity index is 2.79. The van der Waals surface area contributed by atoms with Crippen molar-refractivity contribution >= 4 is 10.9 Å². The number of aromatic hydroxyl groups is 1. The second-order valence-corrected chi connectivity index (χ2v) is 4.41. The number of aromatic nitrogens is 1. The van der Waals surface area contributed by atoms with Crippen LogP contribution < -0.4 is 0 Å². The number of rotatable bonds is 1. The minimum Gasteiger partial charge on any atom is -0.508 e. The highest BCUT2D eigenvalue weighted by molar-refractivity contribution is 5.85. The monoisotopic (exact) mass is 205 g/mol. The maximum absolute atomic E-state index is 9.99. The molecular weight excluding hydrogens is 190 g/mol. The third-order valence-electron chi connectivity index (χ3n) is 2.63. The van der Waals surface area contributed by atoms with Crippen molar-refractivity contribution in [3.8, 4) is 5.75 Å². The van der Waals surface area contributed by atoms with Crippen molar-refractivity contribution in [3.63, 3.8) is 0 Å². The van der Waals surface area contributed by atoms with E-state index < -0.39 is 5.60 Å². The summed E-state index contributed by atoms with van der Waals surface area (Å²) >= 11 is 0. The van der Waals surface area contributed by atoms with Gasteiger partial charge in [-0.25, -0.2) is 0 Å². The molecule has 0 aliphatic rings. The number of aliphatic hydroxyl groups is 1. The van der Waals surface area contributed by atoms with Gasteiger partial charge in [0.05, 0.1) is 11.1 Å². The molecule has 0 saturated carbocycles. The number of phenolic OH excluding ortho intramolecular Hbond substituents is 1. The highest BCUT2D eigenvalue weighted by Crippen LogP contribution is 2.31. The predicted molar refractivity (Wildman–Crippen MR) is 59.8 cm³/mol. The molecule has 0 aliphatic heterocycles. The van der Waals surface area contributed by atoms with E-state index in [0.29, 0.717) is 0 Å². The fourth-order valence-electron chi connectivity index (χ4n) is 1.86. The van der Waals surface area contributed by atoms with Gasteiger partial charge in [-0.1, -0.05) is 0 Å². The van der Waals surface area contributed by atoms with Gasteiger partial charge in [0.15, 0.2) is 0 Å². The van der Waals surface area contributed by atoms with Crippen LogP contribution in [0.25, 0.3) is 10.9 Å². The lowest BCUT2D eigenvalue weighted by atomic mass is 9.98. The second kappa shape index (κ2) is 3.00. The van der Waals surface area contributed by atoms with E-state index in [0.717, 1.165) is 16.5 Å². The minimum atomic E-state index is -0.865. The summed E-state index contributed by atoms with van der Waals surface area (Å²) in [4.78, 5) is 0. The fourth-order valence-corrected chi connectivity index (χ4v) is 1.86. The first kappa shape index (κ1) is 10.1. The molecule has 0 aliphatic carbocycles. The Labute approximate surface area is 88.6 Å². The molecule has 0 fully saturated rings. The molecule has 0 saturated heterocycles. The Kier molecular flexibility index (Phi) is 2.01. The molecule has 0 bridgehead atoms. The Morgan fingerprint density at radius 1 is 1.27 bits per heavy atom. The molecule has 1 heterocycles. The highest BCUT2D eigenvalue weighted by Gasteiger charge is 2.21. The lowest BCUT2D eigenvalue weighted by molar-refractivity contribution is 0.0800. The lowest BCUT2D eigenvalue weighted by Gasteiger charge is -2.16. The number of nitrogens with zero attached hydrogens (tertiary/aromatic N) is 1. The minimum absolute atomic E-state index is 0.242. The summed E-state index contributed by atoms with van der Waals surface area (Å²) in [5.74, 6) is 0.242. The van der Waals surface area contributed by atoms with Gasteiger partial charge >= 0.3 is 0 Å². The second-order valence-electron chi connectivity index (χ2n) is 4.41. The zero-order valence-corrected chi connectivity index (χ0v) is 9.15. The predicted octanol–water partition coefficient (Wildman–Crippen LogP) is 2.11. The molecule has 3 nitrogen and oxygen atoms in total. The summed E-state index contributed by atoms with van der Waals surface area (Å²) < 4.78 is 1.91. The number of hydrogen-bond donors (Lipinski definition) is 2. The molecule has 80 valence electrons. The van der Waals surface area contributed by atoms with Gasteiger partial charge in [-0.05, 0) is 26.0 Å². The van der Waals surface area contributed by atoms with Crippen LogP contribution in [-0.4, -0.2) is 14.8 Å². The summed E-state index contributed by atoms with van der Waals surface area (Å²) in [5, 5.41) is 20.4. The van der Waals surface area contributed by atoms with Crippen LogP contribution in [0.5, 0.6) is 5.75 Å². The van der Waals surface area contributed by atoms with Gasteiger partial charge in [0.1, 0.15) is 5.75 Å². The molecule has 0 unspecified atom stereocenters. The van der Waals surface area contributed by atoms with Crippen LogP contribution in [0.4, 0.5) is 0 Å². The Bertz CT molecular complexity index is 506. The first-order chi connectivity index (χ1) is 6.89. The standard InChI is InChI=1S/C12H15NO2/c1-12(2,15)10-7-13(3)11-6-8(14)4-5-9(10)11/h4-7,14-15H,1-3H3. The third kappa shape index (κ3) is 1.59. The Morgan fingerprint density at radius 2 is 1.93 bits per heavy atom. The first-order valence-electron chi connectivity index (χ1n) is 4.90. The van der Waals surface area contributed by atoms with Gasteiger partial charge in [-0.3, -0.25) is 0 Å². The van der Waals surface area contributed by atoms with Gasteiger partial charge in [0.25, 0.3) is 0 Å². The number of fused-ring (bicyclic) bond motifs is 1. The summed E-state index contributed by atoms with van der Waals surface area (Å²) in [5.41, 5.74) is 0.934. The first-order valence-corrected chi connectivity index (χ1v) is 4.90. The SMILES string of the molecule is Cn1cc(C(C)(C)O)c2ccc(O)cc21. The van der Waals surface area contributed by atoms with Crippen LogP contribution in [-0.2, 0) is 12.6 Å². The van der Waals surface area contributed by atoms with Crippen LogP contribution >= 0.6 is 0 Å². The molecule has 2 N–H and O–H groups in total. The van der Waals surface area contributed by atoms with Gasteiger partial charge in [0, 0.05) is 30.3 Å². The quantitative estimate of drug-likeness (QED) is 0.749. The number of phenols is 1. The molecule has 2 rings (SSSR count). The average molecular weight is 205 g/mol. The third-order valence-corrected chi connectivity index (χ3v) is 2.63. The summed E-state index contributed by atoms with van der Waals surface area (Å²) in [6.07, 6.45) is 1.89. The number of aryl methyl sites for hydroxylation is 1.